The molecule has 5 heteroatoms. The maximum absolute atomic E-state index is 7.64. The molecule has 0 aliphatic rings. The molecular formula is C29H16N4O. The monoisotopic (exact) mass is 436 g/mol. The van der Waals surface area contributed by atoms with Crippen molar-refractivity contribution < 1.29 is 4.42 Å². The number of fused-ring (bicyclic) bond motifs is 6. The fourth-order valence-corrected chi connectivity index (χ4v) is 4.74. The molecule has 0 saturated carbocycles. The molecule has 5 nitrogen and oxygen atoms in total. The maximum atomic E-state index is 7.64. The molecule has 0 aliphatic carbocycles. The summed E-state index contributed by atoms with van der Waals surface area (Å²) in [6, 6.07) is 30.0. The molecule has 7 rings (SSSR count). The van der Waals surface area contributed by atoms with Crippen LogP contribution < -0.4 is 0 Å². The fourth-order valence-electron chi connectivity index (χ4n) is 4.74. The van der Waals surface area contributed by atoms with Crippen molar-refractivity contribution in [1.82, 2.24) is 14.5 Å². The van der Waals surface area contributed by atoms with Crippen molar-refractivity contribution >= 4 is 49.7 Å². The molecule has 7 aromatic rings. The van der Waals surface area contributed by atoms with Gasteiger partial charge in [0, 0.05) is 27.4 Å². The second-order valence-corrected chi connectivity index (χ2v) is 8.20. The molecule has 34 heavy (non-hydrogen) atoms. The first kappa shape index (κ1) is 18.6. The summed E-state index contributed by atoms with van der Waals surface area (Å²) in [5.74, 6) is 0. The van der Waals surface area contributed by atoms with Gasteiger partial charge >= 0.3 is 0 Å². The number of hydrogen-bond donors (Lipinski definition) is 0. The highest BCUT2D eigenvalue weighted by molar-refractivity contribution is 6.11. The van der Waals surface area contributed by atoms with E-state index in [1.165, 1.54) is 0 Å². The van der Waals surface area contributed by atoms with Crippen molar-refractivity contribution in [3.05, 3.63) is 109 Å². The van der Waals surface area contributed by atoms with Crippen LogP contribution in [-0.2, 0) is 0 Å². The lowest BCUT2D eigenvalue weighted by Crippen LogP contribution is -1.97. The van der Waals surface area contributed by atoms with Crippen molar-refractivity contribution in [2.45, 2.75) is 0 Å². The standard InChI is InChI=1S/C29H16N4O/c1-30-18-15-22-20-11-6-8-14-26(20)34-28(22)23(16-18)24-17-31-27-21-12-5-7-13-25(21)33(29(27)32-24)19-9-3-2-4-10-19/h2-17H. The number of rotatable bonds is 2. The summed E-state index contributed by atoms with van der Waals surface area (Å²) in [6.07, 6.45) is 1.78. The lowest BCUT2D eigenvalue weighted by atomic mass is 10.1. The smallest absolute Gasteiger partial charge is 0.188 e. The van der Waals surface area contributed by atoms with Gasteiger partial charge in [-0.1, -0.05) is 54.6 Å². The van der Waals surface area contributed by atoms with Crippen LogP contribution in [0.15, 0.2) is 102 Å². The maximum Gasteiger partial charge on any atom is 0.188 e. The molecule has 4 aromatic carbocycles. The summed E-state index contributed by atoms with van der Waals surface area (Å²) in [6.45, 7) is 7.64. The minimum Gasteiger partial charge on any atom is -0.455 e. The molecule has 0 aliphatic heterocycles. The zero-order chi connectivity index (χ0) is 22.6. The van der Waals surface area contributed by atoms with Gasteiger partial charge in [-0.15, -0.1) is 0 Å². The summed E-state index contributed by atoms with van der Waals surface area (Å²) in [5, 5.41) is 2.94. The number of benzene rings is 4. The minimum atomic E-state index is 0.541. The van der Waals surface area contributed by atoms with Crippen LogP contribution >= 0.6 is 0 Å². The second kappa shape index (κ2) is 7.03. The first-order chi connectivity index (χ1) is 16.8. The van der Waals surface area contributed by atoms with Gasteiger partial charge in [0.25, 0.3) is 0 Å². The molecule has 0 atom stereocenters. The lowest BCUT2D eigenvalue weighted by molar-refractivity contribution is 0.670. The van der Waals surface area contributed by atoms with Gasteiger partial charge in [0.15, 0.2) is 11.3 Å². The van der Waals surface area contributed by atoms with Crippen molar-refractivity contribution in [1.29, 1.82) is 0 Å². The Morgan fingerprint density at radius 1 is 0.794 bits per heavy atom. The molecule has 0 bridgehead atoms. The first-order valence-corrected chi connectivity index (χ1v) is 11.0. The van der Waals surface area contributed by atoms with Crippen LogP contribution in [0.4, 0.5) is 5.69 Å². The van der Waals surface area contributed by atoms with Crippen LogP contribution in [0.1, 0.15) is 0 Å². The molecule has 0 saturated heterocycles. The molecule has 3 aromatic heterocycles. The van der Waals surface area contributed by atoms with Crippen molar-refractivity contribution in [2.24, 2.45) is 0 Å². The van der Waals surface area contributed by atoms with Crippen LogP contribution in [0.3, 0.4) is 0 Å². The Labute approximate surface area is 194 Å². The summed E-state index contributed by atoms with van der Waals surface area (Å²) in [4.78, 5) is 13.6. The Morgan fingerprint density at radius 3 is 2.41 bits per heavy atom. The molecule has 3 heterocycles. The molecule has 0 amide bonds. The van der Waals surface area contributed by atoms with Crippen molar-refractivity contribution in [3.8, 4) is 16.9 Å². The van der Waals surface area contributed by atoms with Crippen LogP contribution in [0.2, 0.25) is 0 Å². The van der Waals surface area contributed by atoms with Gasteiger partial charge in [-0.25, -0.2) is 14.8 Å². The third-order valence-corrected chi connectivity index (χ3v) is 6.25. The molecule has 0 N–H and O–H groups in total. The SMILES string of the molecule is [C-]#[N+]c1cc(-c2cnc3c4ccccc4n(-c4ccccc4)c3n2)c2oc3ccccc3c2c1. The second-order valence-electron chi connectivity index (χ2n) is 8.20. The van der Waals surface area contributed by atoms with Gasteiger partial charge < -0.3 is 4.42 Å². The molecule has 0 unspecified atom stereocenters. The van der Waals surface area contributed by atoms with Gasteiger partial charge in [0.2, 0.25) is 0 Å². The van der Waals surface area contributed by atoms with E-state index in [4.69, 9.17) is 21.0 Å². The molecule has 0 spiro atoms. The Morgan fingerprint density at radius 2 is 1.56 bits per heavy atom. The van der Waals surface area contributed by atoms with Crippen LogP contribution in [0, 0.1) is 6.57 Å². The minimum absolute atomic E-state index is 0.541. The average Bonchev–Trinajstić information content (AvgIpc) is 3.44. The lowest BCUT2D eigenvalue weighted by Gasteiger charge is -2.08. The number of furan rings is 1. The molecule has 0 fully saturated rings. The first-order valence-electron chi connectivity index (χ1n) is 11.0. The zero-order valence-electron chi connectivity index (χ0n) is 17.9. The number of aromatic nitrogens is 3. The van der Waals surface area contributed by atoms with E-state index in [1.54, 1.807) is 6.20 Å². The van der Waals surface area contributed by atoms with E-state index in [2.05, 4.69) is 33.7 Å². The van der Waals surface area contributed by atoms with E-state index >= 15 is 0 Å². The van der Waals surface area contributed by atoms with Crippen LogP contribution in [-0.4, -0.2) is 14.5 Å². The topological polar surface area (TPSA) is 48.2 Å². The third kappa shape index (κ3) is 2.60. The average molecular weight is 436 g/mol. The summed E-state index contributed by atoms with van der Waals surface area (Å²) in [5.41, 5.74) is 7.14. The van der Waals surface area contributed by atoms with E-state index in [0.717, 1.165) is 49.7 Å². The van der Waals surface area contributed by atoms with Crippen molar-refractivity contribution in [2.75, 3.05) is 0 Å². The highest BCUT2D eigenvalue weighted by atomic mass is 16.3. The summed E-state index contributed by atoms with van der Waals surface area (Å²) >= 11 is 0. The molecule has 158 valence electrons. The van der Waals surface area contributed by atoms with Crippen LogP contribution in [0.25, 0.3) is 65.8 Å². The highest BCUT2D eigenvalue weighted by Crippen LogP contribution is 2.39. The van der Waals surface area contributed by atoms with Crippen LogP contribution in [0.5, 0.6) is 0 Å². The normalized spacial score (nSPS) is 11.5. The summed E-state index contributed by atoms with van der Waals surface area (Å²) < 4.78 is 8.38. The highest BCUT2D eigenvalue weighted by Gasteiger charge is 2.19. The van der Waals surface area contributed by atoms with Gasteiger partial charge in [-0.2, -0.15) is 0 Å². The Balaban J connectivity index is 1.58. The largest absolute Gasteiger partial charge is 0.455 e. The number of nitrogens with zero attached hydrogens (tertiary/aromatic N) is 4. The van der Waals surface area contributed by atoms with Crippen molar-refractivity contribution in [3.63, 3.8) is 0 Å². The van der Waals surface area contributed by atoms with E-state index in [0.29, 0.717) is 17.0 Å². The van der Waals surface area contributed by atoms with Gasteiger partial charge in [0.05, 0.1) is 24.0 Å². The predicted octanol–water partition coefficient (Wildman–Crippen LogP) is 7.69. The fraction of sp³-hybridized carbons (Fsp3) is 0. The van der Waals surface area contributed by atoms with Gasteiger partial charge in [0.1, 0.15) is 16.7 Å². The predicted molar refractivity (Wildman–Crippen MR) is 135 cm³/mol. The molecular weight excluding hydrogens is 420 g/mol. The number of para-hydroxylation sites is 3. The third-order valence-electron chi connectivity index (χ3n) is 6.25. The Bertz CT molecular complexity index is 1920. The molecule has 0 radical (unpaired) electrons. The Kier molecular flexibility index (Phi) is 3.84. The van der Waals surface area contributed by atoms with E-state index in [9.17, 15) is 0 Å². The van der Waals surface area contributed by atoms with E-state index in [-0.39, 0.29) is 0 Å². The zero-order valence-corrected chi connectivity index (χ0v) is 17.9. The van der Waals surface area contributed by atoms with E-state index < -0.39 is 0 Å². The quantitative estimate of drug-likeness (QED) is 0.261. The number of hydrogen-bond acceptors (Lipinski definition) is 3. The van der Waals surface area contributed by atoms with Gasteiger partial charge in [-0.05, 0) is 36.4 Å². The summed E-state index contributed by atoms with van der Waals surface area (Å²) in [7, 11) is 0. The van der Waals surface area contributed by atoms with Gasteiger partial charge in [-0.3, -0.25) is 4.57 Å². The van der Waals surface area contributed by atoms with E-state index in [1.807, 2.05) is 66.7 Å². The Hall–Kier alpha value is -4.95.